The monoisotopic (exact) mass is 415 g/mol. The van der Waals surface area contributed by atoms with Crippen molar-refractivity contribution in [2.24, 2.45) is 0 Å². The summed E-state index contributed by atoms with van der Waals surface area (Å²) in [7, 11) is 0. The Labute approximate surface area is 178 Å². The van der Waals surface area contributed by atoms with E-state index in [4.69, 9.17) is 14.7 Å². The van der Waals surface area contributed by atoms with Crippen LogP contribution in [0.4, 0.5) is 5.82 Å². The second-order valence-corrected chi connectivity index (χ2v) is 8.68. The Morgan fingerprint density at radius 3 is 2.40 bits per heavy atom. The van der Waals surface area contributed by atoms with Crippen LogP contribution >= 0.6 is 0 Å². The highest BCUT2D eigenvalue weighted by atomic mass is 16.5. The van der Waals surface area contributed by atoms with Crippen molar-refractivity contribution in [3.05, 3.63) is 17.1 Å². The number of morpholine rings is 1. The van der Waals surface area contributed by atoms with Crippen molar-refractivity contribution < 1.29 is 14.3 Å². The molecule has 30 heavy (non-hydrogen) atoms. The average Bonchev–Trinajstić information content (AvgIpc) is 3.21. The van der Waals surface area contributed by atoms with Crippen LogP contribution in [0.2, 0.25) is 0 Å². The lowest BCUT2D eigenvalue weighted by atomic mass is 9.95. The van der Waals surface area contributed by atoms with Crippen molar-refractivity contribution in [3.8, 4) is 0 Å². The third-order valence-corrected chi connectivity index (χ3v) is 6.80. The Morgan fingerprint density at radius 2 is 1.77 bits per heavy atom. The van der Waals surface area contributed by atoms with Crippen molar-refractivity contribution in [1.29, 1.82) is 0 Å². The van der Waals surface area contributed by atoms with Crippen molar-refractivity contribution >= 4 is 17.6 Å². The number of carbonyl (C=O) groups excluding carboxylic acids is 2. The molecule has 1 aromatic rings. The average molecular weight is 416 g/mol. The van der Waals surface area contributed by atoms with Gasteiger partial charge in [0, 0.05) is 56.3 Å². The molecule has 8 heteroatoms. The van der Waals surface area contributed by atoms with E-state index in [0.29, 0.717) is 26.1 Å². The van der Waals surface area contributed by atoms with Gasteiger partial charge in [-0.1, -0.05) is 0 Å². The van der Waals surface area contributed by atoms with E-state index in [1.807, 2.05) is 11.8 Å². The fourth-order valence-corrected chi connectivity index (χ4v) is 4.73. The maximum absolute atomic E-state index is 12.9. The first-order chi connectivity index (χ1) is 14.5. The standard InChI is InChI=1S/C22H33N5O3/c1-15-16(2)23-20(24-21(15)25-11-13-30-14-12-25)18-6-9-26(10-7-18)22(29)17(3)27-8-4-5-19(27)28/h17-18H,4-14H2,1-3H3/t17-/m1/s1. The molecule has 0 spiro atoms. The summed E-state index contributed by atoms with van der Waals surface area (Å²) >= 11 is 0. The van der Waals surface area contributed by atoms with Crippen LogP contribution in [0.1, 0.15) is 55.6 Å². The lowest BCUT2D eigenvalue weighted by Gasteiger charge is -2.35. The van der Waals surface area contributed by atoms with Gasteiger partial charge in [-0.2, -0.15) is 0 Å². The molecule has 164 valence electrons. The van der Waals surface area contributed by atoms with E-state index >= 15 is 0 Å². The van der Waals surface area contributed by atoms with Crippen LogP contribution in [-0.2, 0) is 14.3 Å². The molecule has 1 aromatic heterocycles. The van der Waals surface area contributed by atoms with Crippen LogP contribution in [0.25, 0.3) is 0 Å². The summed E-state index contributed by atoms with van der Waals surface area (Å²) in [4.78, 5) is 40.6. The van der Waals surface area contributed by atoms with Gasteiger partial charge in [-0.15, -0.1) is 0 Å². The normalized spacial score (nSPS) is 22.0. The van der Waals surface area contributed by atoms with Gasteiger partial charge < -0.3 is 19.4 Å². The van der Waals surface area contributed by atoms with Gasteiger partial charge in [-0.3, -0.25) is 9.59 Å². The van der Waals surface area contributed by atoms with Gasteiger partial charge in [0.2, 0.25) is 11.8 Å². The van der Waals surface area contributed by atoms with Crippen LogP contribution in [0.5, 0.6) is 0 Å². The Morgan fingerprint density at radius 1 is 1.07 bits per heavy atom. The van der Waals surface area contributed by atoms with E-state index in [1.54, 1.807) is 4.90 Å². The fraction of sp³-hybridized carbons (Fsp3) is 0.727. The first kappa shape index (κ1) is 21.0. The predicted octanol–water partition coefficient (Wildman–Crippen LogP) is 1.65. The molecule has 0 unspecified atom stereocenters. The zero-order valence-corrected chi connectivity index (χ0v) is 18.4. The smallest absolute Gasteiger partial charge is 0.245 e. The van der Waals surface area contributed by atoms with E-state index in [-0.39, 0.29) is 23.8 Å². The van der Waals surface area contributed by atoms with Gasteiger partial charge in [-0.25, -0.2) is 9.97 Å². The maximum Gasteiger partial charge on any atom is 0.245 e. The van der Waals surface area contributed by atoms with Crippen molar-refractivity contribution in [2.75, 3.05) is 50.8 Å². The maximum atomic E-state index is 12.9. The highest BCUT2D eigenvalue weighted by Gasteiger charge is 2.34. The summed E-state index contributed by atoms with van der Waals surface area (Å²) in [6.07, 6.45) is 3.14. The number of aryl methyl sites for hydroxylation is 1. The Balaban J connectivity index is 1.42. The van der Waals surface area contributed by atoms with E-state index in [2.05, 4.69) is 18.7 Å². The van der Waals surface area contributed by atoms with E-state index in [0.717, 1.165) is 68.5 Å². The molecule has 4 heterocycles. The fourth-order valence-electron chi connectivity index (χ4n) is 4.73. The quantitative estimate of drug-likeness (QED) is 0.744. The van der Waals surface area contributed by atoms with E-state index in [9.17, 15) is 9.59 Å². The van der Waals surface area contributed by atoms with Gasteiger partial charge in [0.25, 0.3) is 0 Å². The highest BCUT2D eigenvalue weighted by molar-refractivity contribution is 5.88. The van der Waals surface area contributed by atoms with Crippen LogP contribution in [0.3, 0.4) is 0 Å². The molecule has 0 radical (unpaired) electrons. The van der Waals surface area contributed by atoms with Crippen LogP contribution in [-0.4, -0.2) is 83.6 Å². The summed E-state index contributed by atoms with van der Waals surface area (Å²) in [5.41, 5.74) is 2.17. The number of carbonyl (C=O) groups is 2. The highest BCUT2D eigenvalue weighted by Crippen LogP contribution is 2.30. The number of aromatic nitrogens is 2. The second kappa shape index (κ2) is 8.88. The first-order valence-electron chi connectivity index (χ1n) is 11.2. The van der Waals surface area contributed by atoms with Crippen molar-refractivity contribution in [1.82, 2.24) is 19.8 Å². The minimum Gasteiger partial charge on any atom is -0.378 e. The largest absolute Gasteiger partial charge is 0.378 e. The van der Waals surface area contributed by atoms with Gasteiger partial charge in [0.05, 0.1) is 13.2 Å². The molecule has 3 aliphatic rings. The van der Waals surface area contributed by atoms with Crippen LogP contribution < -0.4 is 4.90 Å². The Hall–Kier alpha value is -2.22. The van der Waals surface area contributed by atoms with Gasteiger partial charge in [-0.05, 0) is 40.0 Å². The van der Waals surface area contributed by atoms with E-state index < -0.39 is 0 Å². The van der Waals surface area contributed by atoms with E-state index in [1.165, 1.54) is 0 Å². The number of likely N-dealkylation sites (tertiary alicyclic amines) is 2. The third-order valence-electron chi connectivity index (χ3n) is 6.80. The third kappa shape index (κ3) is 4.15. The topological polar surface area (TPSA) is 78.9 Å². The molecule has 0 bridgehead atoms. The Kier molecular flexibility index (Phi) is 6.22. The number of piperidine rings is 1. The number of hydrogen-bond donors (Lipinski definition) is 0. The van der Waals surface area contributed by atoms with Gasteiger partial charge in [0.1, 0.15) is 17.7 Å². The molecular formula is C22H33N5O3. The second-order valence-electron chi connectivity index (χ2n) is 8.68. The number of anilines is 1. The van der Waals surface area contributed by atoms with Crippen molar-refractivity contribution in [2.45, 2.75) is 58.4 Å². The number of amides is 2. The number of nitrogens with zero attached hydrogens (tertiary/aromatic N) is 5. The first-order valence-corrected chi connectivity index (χ1v) is 11.2. The summed E-state index contributed by atoms with van der Waals surface area (Å²) in [5.74, 6) is 2.36. The summed E-state index contributed by atoms with van der Waals surface area (Å²) < 4.78 is 5.49. The molecule has 3 fully saturated rings. The van der Waals surface area contributed by atoms with Crippen LogP contribution in [0, 0.1) is 13.8 Å². The van der Waals surface area contributed by atoms with Gasteiger partial charge in [0.15, 0.2) is 0 Å². The molecule has 3 aliphatic heterocycles. The molecule has 3 saturated heterocycles. The summed E-state index contributed by atoms with van der Waals surface area (Å²) in [6, 6.07) is -0.359. The van der Waals surface area contributed by atoms with Crippen LogP contribution in [0.15, 0.2) is 0 Å². The number of ether oxygens (including phenoxy) is 1. The molecule has 1 atom stereocenters. The number of rotatable bonds is 4. The Bertz CT molecular complexity index is 800. The summed E-state index contributed by atoms with van der Waals surface area (Å²) in [6.45, 7) is 11.3. The lowest BCUT2D eigenvalue weighted by Crippen LogP contribution is -2.49. The molecule has 0 N–H and O–H groups in total. The SMILES string of the molecule is Cc1nc(C2CCN(C(=O)[C@@H](C)N3CCCC3=O)CC2)nc(N2CCOCC2)c1C. The zero-order chi connectivity index (χ0) is 21.3. The zero-order valence-electron chi connectivity index (χ0n) is 18.4. The molecule has 0 saturated carbocycles. The molecule has 4 rings (SSSR count). The predicted molar refractivity (Wildman–Crippen MR) is 114 cm³/mol. The molecule has 0 aromatic carbocycles. The van der Waals surface area contributed by atoms with Gasteiger partial charge >= 0.3 is 0 Å². The molecule has 0 aliphatic carbocycles. The number of hydrogen-bond acceptors (Lipinski definition) is 6. The molecular weight excluding hydrogens is 382 g/mol. The molecule has 8 nitrogen and oxygen atoms in total. The molecule has 2 amide bonds. The summed E-state index contributed by atoms with van der Waals surface area (Å²) in [5, 5.41) is 0. The minimum atomic E-state index is -0.359. The lowest BCUT2D eigenvalue weighted by molar-refractivity contribution is -0.143. The minimum absolute atomic E-state index is 0.0683. The van der Waals surface area contributed by atoms with Crippen molar-refractivity contribution in [3.63, 3.8) is 0 Å².